The molecule has 172 valence electrons. The minimum absolute atomic E-state index is 0.0946. The molecule has 0 aromatic heterocycles. The molecule has 1 fully saturated rings. The predicted molar refractivity (Wildman–Crippen MR) is 122 cm³/mol. The SMILES string of the molecule is Cc1cc(C)c(C)c(S(=O)(=O)N2CCC(C(=O)OCc3ccc(C(N)=O)cc3)CC2)c1C. The number of sulfonamides is 1. The summed E-state index contributed by atoms with van der Waals surface area (Å²) < 4.78 is 33.6. The van der Waals surface area contributed by atoms with Crippen molar-refractivity contribution in [2.45, 2.75) is 52.0 Å². The lowest BCUT2D eigenvalue weighted by molar-refractivity contribution is -0.151. The Balaban J connectivity index is 1.62. The first-order valence-corrected chi connectivity index (χ1v) is 12.1. The van der Waals surface area contributed by atoms with Gasteiger partial charge in [-0.05, 0) is 80.5 Å². The van der Waals surface area contributed by atoms with Crippen LogP contribution >= 0.6 is 0 Å². The summed E-state index contributed by atoms with van der Waals surface area (Å²) in [6, 6.07) is 8.57. The van der Waals surface area contributed by atoms with Gasteiger partial charge >= 0.3 is 5.97 Å². The van der Waals surface area contributed by atoms with Crippen molar-refractivity contribution in [3.63, 3.8) is 0 Å². The molecule has 32 heavy (non-hydrogen) atoms. The number of piperidine rings is 1. The highest BCUT2D eigenvalue weighted by atomic mass is 32.2. The zero-order valence-corrected chi connectivity index (χ0v) is 19.8. The molecule has 8 heteroatoms. The predicted octanol–water partition coefficient (Wildman–Crippen LogP) is 3.16. The van der Waals surface area contributed by atoms with Crippen molar-refractivity contribution in [2.75, 3.05) is 13.1 Å². The molecule has 3 rings (SSSR count). The quantitative estimate of drug-likeness (QED) is 0.669. The average Bonchev–Trinajstić information content (AvgIpc) is 2.76. The standard InChI is InChI=1S/C24H30N2O5S/c1-15-13-16(2)18(4)22(17(15)3)32(29,30)26-11-9-21(10-12-26)24(28)31-14-19-5-7-20(8-6-19)23(25)27/h5-8,13,21H,9-12,14H2,1-4H3,(H2,25,27). The molecular formula is C24H30N2O5S. The van der Waals surface area contributed by atoms with Crippen LogP contribution in [0, 0.1) is 33.6 Å². The Morgan fingerprint density at radius 3 is 2.03 bits per heavy atom. The summed E-state index contributed by atoms with van der Waals surface area (Å²) >= 11 is 0. The van der Waals surface area contributed by atoms with Crippen molar-refractivity contribution in [3.8, 4) is 0 Å². The van der Waals surface area contributed by atoms with E-state index in [0.29, 0.717) is 23.3 Å². The van der Waals surface area contributed by atoms with Gasteiger partial charge in [-0.25, -0.2) is 8.42 Å². The Hall–Kier alpha value is -2.71. The highest BCUT2D eigenvalue weighted by molar-refractivity contribution is 7.89. The molecule has 0 spiro atoms. The molecule has 0 atom stereocenters. The van der Waals surface area contributed by atoms with Gasteiger partial charge in [0.25, 0.3) is 0 Å². The molecule has 0 radical (unpaired) electrons. The molecule has 2 N–H and O–H groups in total. The summed E-state index contributed by atoms with van der Waals surface area (Å²) in [5.74, 6) is -1.19. The van der Waals surface area contributed by atoms with Crippen molar-refractivity contribution < 1.29 is 22.7 Å². The fourth-order valence-electron chi connectivity index (χ4n) is 4.07. The van der Waals surface area contributed by atoms with Crippen LogP contribution in [0.25, 0.3) is 0 Å². The zero-order valence-electron chi connectivity index (χ0n) is 19.0. The number of esters is 1. The van der Waals surface area contributed by atoms with Gasteiger partial charge < -0.3 is 10.5 Å². The second-order valence-corrected chi connectivity index (χ2v) is 10.3. The minimum Gasteiger partial charge on any atom is -0.461 e. The van der Waals surface area contributed by atoms with Crippen LogP contribution in [-0.4, -0.2) is 37.7 Å². The normalized spacial score (nSPS) is 15.5. The smallest absolute Gasteiger partial charge is 0.309 e. The molecule has 1 amide bonds. The van der Waals surface area contributed by atoms with Crippen LogP contribution in [0.3, 0.4) is 0 Å². The number of ether oxygens (including phenoxy) is 1. The Morgan fingerprint density at radius 1 is 1.00 bits per heavy atom. The maximum atomic E-state index is 13.4. The number of amides is 1. The first-order valence-electron chi connectivity index (χ1n) is 10.6. The summed E-state index contributed by atoms with van der Waals surface area (Å²) in [6.07, 6.45) is 0.836. The van der Waals surface area contributed by atoms with E-state index in [-0.39, 0.29) is 31.6 Å². The van der Waals surface area contributed by atoms with Crippen molar-refractivity contribution in [1.82, 2.24) is 4.31 Å². The third-order valence-corrected chi connectivity index (χ3v) is 8.48. The molecule has 0 unspecified atom stereocenters. The van der Waals surface area contributed by atoms with Crippen LogP contribution in [-0.2, 0) is 26.2 Å². The number of carbonyl (C=O) groups excluding carboxylic acids is 2. The van der Waals surface area contributed by atoms with Gasteiger partial charge in [-0.2, -0.15) is 4.31 Å². The second-order valence-electron chi connectivity index (χ2n) is 8.44. The summed E-state index contributed by atoms with van der Waals surface area (Å²) in [6.45, 7) is 8.18. The minimum atomic E-state index is -3.64. The van der Waals surface area contributed by atoms with E-state index in [9.17, 15) is 18.0 Å². The van der Waals surface area contributed by atoms with Crippen LogP contribution in [0.4, 0.5) is 0 Å². The number of aryl methyl sites for hydroxylation is 2. The van der Waals surface area contributed by atoms with Crippen molar-refractivity contribution in [3.05, 3.63) is 63.7 Å². The Kier molecular flexibility index (Phi) is 7.05. The van der Waals surface area contributed by atoms with E-state index in [1.165, 1.54) is 4.31 Å². The number of primary amides is 1. The molecule has 0 bridgehead atoms. The average molecular weight is 459 g/mol. The lowest BCUT2D eigenvalue weighted by Crippen LogP contribution is -2.41. The topological polar surface area (TPSA) is 107 Å². The molecule has 0 saturated carbocycles. The van der Waals surface area contributed by atoms with Crippen LogP contribution in [0.1, 0.15) is 51.0 Å². The Morgan fingerprint density at radius 2 is 1.53 bits per heavy atom. The lowest BCUT2D eigenvalue weighted by Gasteiger charge is -2.31. The number of benzene rings is 2. The highest BCUT2D eigenvalue weighted by Crippen LogP contribution is 2.31. The van der Waals surface area contributed by atoms with E-state index >= 15 is 0 Å². The van der Waals surface area contributed by atoms with Crippen LogP contribution in [0.5, 0.6) is 0 Å². The van der Waals surface area contributed by atoms with Crippen molar-refractivity contribution >= 4 is 21.9 Å². The summed E-state index contributed by atoms with van der Waals surface area (Å²) in [4.78, 5) is 24.0. The van der Waals surface area contributed by atoms with Gasteiger partial charge in [0, 0.05) is 18.7 Å². The molecule has 1 aliphatic rings. The summed E-state index contributed by atoms with van der Waals surface area (Å²) in [5.41, 5.74) is 9.82. The second kappa shape index (κ2) is 9.42. The van der Waals surface area contributed by atoms with Gasteiger partial charge in [0.05, 0.1) is 10.8 Å². The van der Waals surface area contributed by atoms with Crippen LogP contribution in [0.15, 0.2) is 35.2 Å². The van der Waals surface area contributed by atoms with Gasteiger partial charge in [-0.15, -0.1) is 0 Å². The van der Waals surface area contributed by atoms with Crippen molar-refractivity contribution in [1.29, 1.82) is 0 Å². The Bertz CT molecular complexity index is 1110. The van der Waals surface area contributed by atoms with E-state index in [1.807, 2.05) is 33.8 Å². The highest BCUT2D eigenvalue weighted by Gasteiger charge is 2.34. The number of hydrogen-bond donors (Lipinski definition) is 1. The van der Waals surface area contributed by atoms with Crippen LogP contribution in [0.2, 0.25) is 0 Å². The van der Waals surface area contributed by atoms with E-state index < -0.39 is 15.9 Å². The molecule has 1 aliphatic heterocycles. The fourth-order valence-corrected chi connectivity index (χ4v) is 6.11. The molecule has 1 saturated heterocycles. The number of nitrogens with zero attached hydrogens (tertiary/aromatic N) is 1. The van der Waals surface area contributed by atoms with Gasteiger partial charge in [-0.3, -0.25) is 9.59 Å². The third kappa shape index (κ3) is 4.86. The molecular weight excluding hydrogens is 428 g/mol. The number of nitrogens with two attached hydrogens (primary N) is 1. The van der Waals surface area contributed by atoms with Gasteiger partial charge in [0.15, 0.2) is 0 Å². The third-order valence-electron chi connectivity index (χ3n) is 6.30. The maximum absolute atomic E-state index is 13.4. The van der Waals surface area contributed by atoms with E-state index in [0.717, 1.165) is 27.8 Å². The Labute approximate surface area is 189 Å². The van der Waals surface area contributed by atoms with Crippen LogP contribution < -0.4 is 5.73 Å². The van der Waals surface area contributed by atoms with E-state index in [1.54, 1.807) is 24.3 Å². The van der Waals surface area contributed by atoms with E-state index in [4.69, 9.17) is 10.5 Å². The monoisotopic (exact) mass is 458 g/mol. The fraction of sp³-hybridized carbons (Fsp3) is 0.417. The first-order chi connectivity index (χ1) is 15.0. The first kappa shape index (κ1) is 23.9. The van der Waals surface area contributed by atoms with Gasteiger partial charge in [-0.1, -0.05) is 18.2 Å². The summed E-state index contributed by atoms with van der Waals surface area (Å²) in [5, 5.41) is 0. The molecule has 7 nitrogen and oxygen atoms in total. The molecule has 1 heterocycles. The van der Waals surface area contributed by atoms with E-state index in [2.05, 4.69) is 0 Å². The maximum Gasteiger partial charge on any atom is 0.309 e. The van der Waals surface area contributed by atoms with Gasteiger partial charge in [0.2, 0.25) is 15.9 Å². The number of hydrogen-bond acceptors (Lipinski definition) is 5. The molecule has 2 aromatic rings. The zero-order chi connectivity index (χ0) is 23.6. The lowest BCUT2D eigenvalue weighted by atomic mass is 9.98. The van der Waals surface area contributed by atoms with Gasteiger partial charge in [0.1, 0.15) is 6.61 Å². The molecule has 0 aliphatic carbocycles. The largest absolute Gasteiger partial charge is 0.461 e. The number of rotatable bonds is 6. The summed E-state index contributed by atoms with van der Waals surface area (Å²) in [7, 11) is -3.64. The molecule has 2 aromatic carbocycles. The number of carbonyl (C=O) groups is 2. The van der Waals surface area contributed by atoms with Crippen molar-refractivity contribution in [2.24, 2.45) is 11.7 Å².